The lowest BCUT2D eigenvalue weighted by molar-refractivity contribution is -0.137. The predicted octanol–water partition coefficient (Wildman–Crippen LogP) is 3.59. The van der Waals surface area contributed by atoms with Crippen LogP contribution in [0.5, 0.6) is 0 Å². The second-order valence-electron chi connectivity index (χ2n) is 4.47. The molecular weight excluding hydrogens is 335 g/mol. The van der Waals surface area contributed by atoms with E-state index < -0.39 is 28.6 Å². The van der Waals surface area contributed by atoms with Crippen LogP contribution in [-0.2, 0) is 15.8 Å². The van der Waals surface area contributed by atoms with E-state index in [1.165, 1.54) is 0 Å². The monoisotopic (exact) mass is 349 g/mol. The second-order valence-corrected chi connectivity index (χ2v) is 4.88. The molecule has 0 atom stereocenters. The van der Waals surface area contributed by atoms with Gasteiger partial charge in [-0.1, -0.05) is 25.4 Å². The fraction of sp³-hybridized carbons (Fsp3) is 0.357. The molecule has 2 N–H and O–H groups in total. The average Bonchev–Trinajstić information content (AvgIpc) is 2.48. The Morgan fingerprint density at radius 2 is 1.78 bits per heavy atom. The van der Waals surface area contributed by atoms with Crippen LogP contribution in [-0.4, -0.2) is 17.5 Å². The highest BCUT2D eigenvalue weighted by molar-refractivity contribution is 6.39. The molecule has 0 saturated carbocycles. The molecule has 2 amide bonds. The smallest absolute Gasteiger partial charge is 0.318 e. The van der Waals surface area contributed by atoms with Crippen molar-refractivity contribution in [3.8, 4) is 0 Å². The van der Waals surface area contributed by atoms with E-state index in [1.54, 1.807) is 0 Å². The van der Waals surface area contributed by atoms with Crippen molar-refractivity contribution in [2.45, 2.75) is 32.9 Å². The van der Waals surface area contributed by atoms with E-state index in [2.05, 4.69) is 10.4 Å². The third-order valence-electron chi connectivity index (χ3n) is 2.87. The number of amides is 2. The molecule has 0 bridgehead atoms. The summed E-state index contributed by atoms with van der Waals surface area (Å²) in [5.74, 6) is -2.20. The quantitative estimate of drug-likeness (QED) is 0.495. The highest BCUT2D eigenvalue weighted by Gasteiger charge is 2.33. The highest BCUT2D eigenvalue weighted by atomic mass is 35.5. The minimum Gasteiger partial charge on any atom is -0.318 e. The van der Waals surface area contributed by atoms with Gasteiger partial charge in [-0.2, -0.15) is 18.3 Å². The standard InChI is InChI=1S/C14H15ClF3N3O2/c1-3-8(4-2)20-21-13(23)12(22)19-9-5-6-11(15)10(7-9)14(16,17)18/h5-7H,3-4H2,1-2H3,(H,19,22)(H,21,23). The molecule has 0 spiro atoms. The summed E-state index contributed by atoms with van der Waals surface area (Å²) in [5, 5.41) is 5.31. The highest BCUT2D eigenvalue weighted by Crippen LogP contribution is 2.36. The fourth-order valence-corrected chi connectivity index (χ4v) is 1.82. The first-order valence-corrected chi connectivity index (χ1v) is 7.10. The molecule has 126 valence electrons. The van der Waals surface area contributed by atoms with Crippen molar-refractivity contribution in [3.63, 3.8) is 0 Å². The number of nitrogens with one attached hydrogen (secondary N) is 2. The van der Waals surface area contributed by atoms with Crippen molar-refractivity contribution in [1.29, 1.82) is 0 Å². The Morgan fingerprint density at radius 1 is 1.17 bits per heavy atom. The molecule has 0 aliphatic heterocycles. The number of benzene rings is 1. The van der Waals surface area contributed by atoms with E-state index in [0.29, 0.717) is 24.6 Å². The molecule has 5 nitrogen and oxygen atoms in total. The van der Waals surface area contributed by atoms with Crippen LogP contribution in [0.2, 0.25) is 5.02 Å². The number of anilines is 1. The molecule has 1 aromatic carbocycles. The van der Waals surface area contributed by atoms with Crippen molar-refractivity contribution in [2.24, 2.45) is 5.10 Å². The molecule has 9 heteroatoms. The summed E-state index contributed by atoms with van der Waals surface area (Å²) in [5.41, 5.74) is 1.43. The van der Waals surface area contributed by atoms with Crippen molar-refractivity contribution >= 4 is 34.8 Å². The zero-order valence-corrected chi connectivity index (χ0v) is 13.2. The molecule has 0 aliphatic carbocycles. The van der Waals surface area contributed by atoms with Gasteiger partial charge in [-0.15, -0.1) is 0 Å². The number of alkyl halides is 3. The normalized spacial score (nSPS) is 10.9. The van der Waals surface area contributed by atoms with Gasteiger partial charge in [-0.3, -0.25) is 9.59 Å². The van der Waals surface area contributed by atoms with Gasteiger partial charge in [0.25, 0.3) is 0 Å². The summed E-state index contributed by atoms with van der Waals surface area (Å²) in [6.45, 7) is 3.67. The summed E-state index contributed by atoms with van der Waals surface area (Å²) in [7, 11) is 0. The number of carbonyl (C=O) groups excluding carboxylic acids is 2. The average molecular weight is 350 g/mol. The summed E-state index contributed by atoms with van der Waals surface area (Å²) in [4.78, 5) is 23.2. The van der Waals surface area contributed by atoms with Gasteiger partial charge in [-0.25, -0.2) is 5.43 Å². The van der Waals surface area contributed by atoms with Crippen LogP contribution < -0.4 is 10.7 Å². The van der Waals surface area contributed by atoms with E-state index in [9.17, 15) is 22.8 Å². The number of nitrogens with zero attached hydrogens (tertiary/aromatic N) is 1. The van der Waals surface area contributed by atoms with Crippen LogP contribution in [0, 0.1) is 0 Å². The number of hydrogen-bond acceptors (Lipinski definition) is 3. The number of carbonyl (C=O) groups is 2. The van der Waals surface area contributed by atoms with Crippen molar-refractivity contribution in [3.05, 3.63) is 28.8 Å². The summed E-state index contributed by atoms with van der Waals surface area (Å²) in [6.07, 6.45) is -3.46. The number of hydrogen-bond donors (Lipinski definition) is 2. The Morgan fingerprint density at radius 3 is 2.30 bits per heavy atom. The molecule has 0 aliphatic rings. The minimum absolute atomic E-state index is 0.197. The Balaban J connectivity index is 2.82. The molecule has 1 rings (SSSR count). The van der Waals surface area contributed by atoms with Gasteiger partial charge in [0.15, 0.2) is 0 Å². The van der Waals surface area contributed by atoms with Gasteiger partial charge in [-0.05, 0) is 31.0 Å². The maximum absolute atomic E-state index is 12.7. The predicted molar refractivity (Wildman–Crippen MR) is 81.2 cm³/mol. The molecular formula is C14H15ClF3N3O2. The Bertz CT molecular complexity index is 624. The van der Waals surface area contributed by atoms with Crippen molar-refractivity contribution in [2.75, 3.05) is 5.32 Å². The van der Waals surface area contributed by atoms with Gasteiger partial charge in [0, 0.05) is 11.4 Å². The first-order chi connectivity index (χ1) is 10.7. The number of rotatable bonds is 4. The number of halogens is 4. The van der Waals surface area contributed by atoms with Crippen LogP contribution in [0.4, 0.5) is 18.9 Å². The largest absolute Gasteiger partial charge is 0.417 e. The second kappa shape index (κ2) is 7.96. The van der Waals surface area contributed by atoms with Gasteiger partial charge in [0.05, 0.1) is 10.6 Å². The van der Waals surface area contributed by atoms with Crippen LogP contribution in [0.25, 0.3) is 0 Å². The third kappa shape index (κ3) is 5.55. The van der Waals surface area contributed by atoms with Crippen LogP contribution in [0.3, 0.4) is 0 Å². The van der Waals surface area contributed by atoms with Gasteiger partial charge in [0.1, 0.15) is 0 Å². The van der Waals surface area contributed by atoms with Crippen LogP contribution in [0.1, 0.15) is 32.3 Å². The lowest BCUT2D eigenvalue weighted by Crippen LogP contribution is -2.33. The Labute approximate surface area is 135 Å². The Kier molecular flexibility index (Phi) is 6.56. The first kappa shape index (κ1) is 19.0. The molecule has 0 fully saturated rings. The Hall–Kier alpha value is -2.09. The maximum atomic E-state index is 12.7. The summed E-state index contributed by atoms with van der Waals surface area (Å²) in [6, 6.07) is 2.80. The van der Waals surface area contributed by atoms with E-state index in [-0.39, 0.29) is 5.69 Å². The molecule has 0 aromatic heterocycles. The van der Waals surface area contributed by atoms with Gasteiger partial charge >= 0.3 is 18.0 Å². The molecule has 0 radical (unpaired) electrons. The van der Waals surface area contributed by atoms with Gasteiger partial charge < -0.3 is 5.32 Å². The van der Waals surface area contributed by atoms with Crippen LogP contribution in [0.15, 0.2) is 23.3 Å². The fourth-order valence-electron chi connectivity index (χ4n) is 1.60. The van der Waals surface area contributed by atoms with Crippen LogP contribution >= 0.6 is 11.6 Å². The zero-order valence-electron chi connectivity index (χ0n) is 12.4. The molecule has 0 heterocycles. The minimum atomic E-state index is -4.67. The molecule has 23 heavy (non-hydrogen) atoms. The van der Waals surface area contributed by atoms with Crippen molar-refractivity contribution in [1.82, 2.24) is 5.43 Å². The first-order valence-electron chi connectivity index (χ1n) is 6.72. The van der Waals surface area contributed by atoms with Gasteiger partial charge in [0.2, 0.25) is 0 Å². The lowest BCUT2D eigenvalue weighted by Gasteiger charge is -2.11. The van der Waals surface area contributed by atoms with E-state index in [0.717, 1.165) is 12.1 Å². The van der Waals surface area contributed by atoms with E-state index >= 15 is 0 Å². The SMILES string of the molecule is CCC(CC)=NNC(=O)C(=O)Nc1ccc(Cl)c(C(F)(F)F)c1. The van der Waals surface area contributed by atoms with E-state index in [1.807, 2.05) is 19.3 Å². The molecule has 1 aromatic rings. The number of hydrazone groups is 1. The zero-order chi connectivity index (χ0) is 17.6. The lowest BCUT2D eigenvalue weighted by atomic mass is 10.2. The molecule has 0 saturated heterocycles. The topological polar surface area (TPSA) is 70.6 Å². The third-order valence-corrected chi connectivity index (χ3v) is 3.20. The molecule has 0 unspecified atom stereocenters. The summed E-state index contributed by atoms with van der Waals surface area (Å²) < 4.78 is 38.2. The summed E-state index contributed by atoms with van der Waals surface area (Å²) >= 11 is 5.47. The van der Waals surface area contributed by atoms with Crippen molar-refractivity contribution < 1.29 is 22.8 Å². The maximum Gasteiger partial charge on any atom is 0.417 e. The van der Waals surface area contributed by atoms with E-state index in [4.69, 9.17) is 11.6 Å².